The van der Waals surface area contributed by atoms with Gasteiger partial charge in [-0.05, 0) is 56.8 Å². The van der Waals surface area contributed by atoms with Crippen molar-refractivity contribution in [1.82, 2.24) is 0 Å². The molecule has 1 aromatic rings. The Morgan fingerprint density at radius 1 is 0.971 bits per heavy atom. The number of thioether (sulfide) groups is 1. The normalized spacial score (nSPS) is 15.6. The molecule has 1 rings (SSSR count). The van der Waals surface area contributed by atoms with Gasteiger partial charge in [0.2, 0.25) is 0 Å². The number of carbonyl (C=O) groups is 1. The van der Waals surface area contributed by atoms with Crippen LogP contribution in [-0.4, -0.2) is 43.4 Å². The molecular weight excluding hydrogens is 471 g/mol. The molecule has 0 spiro atoms. The molecule has 196 valence electrons. The highest BCUT2D eigenvalue weighted by Crippen LogP contribution is 2.52. The number of carbonyl (C=O) groups excluding carboxylic acids is 1. The van der Waals surface area contributed by atoms with Crippen LogP contribution in [0.15, 0.2) is 30.3 Å². The Morgan fingerprint density at radius 2 is 1.53 bits per heavy atom. The zero-order valence-corrected chi connectivity index (χ0v) is 24.2. The van der Waals surface area contributed by atoms with Gasteiger partial charge in [0, 0.05) is 4.75 Å². The van der Waals surface area contributed by atoms with E-state index in [2.05, 4.69) is 53.0 Å². The van der Waals surface area contributed by atoms with Crippen LogP contribution in [0.1, 0.15) is 79.7 Å². The molecule has 1 aromatic carbocycles. The fourth-order valence-electron chi connectivity index (χ4n) is 4.27. The monoisotopic (exact) mass is 516 g/mol. The lowest BCUT2D eigenvalue weighted by Crippen LogP contribution is -2.47. The average Bonchev–Trinajstić information content (AvgIpc) is 2.76. The van der Waals surface area contributed by atoms with Gasteiger partial charge in [-0.25, -0.2) is 4.57 Å². The summed E-state index contributed by atoms with van der Waals surface area (Å²) in [4.78, 5) is 13.6. The highest BCUT2D eigenvalue weighted by atomic mass is 32.2. The fraction of sp³-hybridized carbons (Fsp3) is 0.731. The van der Waals surface area contributed by atoms with E-state index in [4.69, 9.17) is 18.3 Å². The molecule has 0 N–H and O–H groups in total. The van der Waals surface area contributed by atoms with Crippen LogP contribution in [0.4, 0.5) is 0 Å². The van der Waals surface area contributed by atoms with E-state index in [1.54, 1.807) is 25.6 Å². The van der Waals surface area contributed by atoms with Gasteiger partial charge in [-0.15, -0.1) is 0 Å². The summed E-state index contributed by atoms with van der Waals surface area (Å²) in [6.45, 7) is 16.6. The van der Waals surface area contributed by atoms with Crippen molar-refractivity contribution in [3.05, 3.63) is 35.9 Å². The van der Waals surface area contributed by atoms with Crippen LogP contribution in [0.5, 0.6) is 0 Å². The summed E-state index contributed by atoms with van der Waals surface area (Å²) in [5, 5.41) is 0. The van der Waals surface area contributed by atoms with Gasteiger partial charge >= 0.3 is 13.8 Å². The second kappa shape index (κ2) is 13.5. The average molecular weight is 517 g/mol. The first kappa shape index (κ1) is 31.2. The molecular formula is C26H45O6PS. The molecule has 0 aliphatic heterocycles. The Kier molecular flexibility index (Phi) is 12.3. The molecule has 0 aromatic heterocycles. The largest absolute Gasteiger partial charge is 0.474 e. The summed E-state index contributed by atoms with van der Waals surface area (Å²) in [7, 11) is -3.64. The van der Waals surface area contributed by atoms with E-state index < -0.39 is 13.2 Å². The van der Waals surface area contributed by atoms with Crippen molar-refractivity contribution < 1.29 is 27.7 Å². The molecule has 0 aliphatic carbocycles. The number of hydrogen-bond donors (Lipinski definition) is 0. The predicted molar refractivity (Wildman–Crippen MR) is 141 cm³/mol. The Bertz CT molecular complexity index is 788. The van der Waals surface area contributed by atoms with E-state index in [1.165, 1.54) is 5.56 Å². The highest BCUT2D eigenvalue weighted by molar-refractivity contribution is 7.99. The number of phosphoric ester groups is 1. The lowest BCUT2D eigenvalue weighted by atomic mass is 9.59. The predicted octanol–water partition coefficient (Wildman–Crippen LogP) is 7.49. The Balaban J connectivity index is 3.01. The lowest BCUT2D eigenvalue weighted by Gasteiger charge is -2.47. The van der Waals surface area contributed by atoms with Crippen molar-refractivity contribution in [2.75, 3.05) is 32.7 Å². The highest BCUT2D eigenvalue weighted by Gasteiger charge is 2.51. The smallest absolute Gasteiger partial charge is 0.463 e. The summed E-state index contributed by atoms with van der Waals surface area (Å²) < 4.78 is 33.7. The number of phosphoric acid groups is 1. The van der Waals surface area contributed by atoms with Crippen LogP contribution in [0.25, 0.3) is 0 Å². The van der Waals surface area contributed by atoms with Gasteiger partial charge in [-0.1, -0.05) is 65.0 Å². The van der Waals surface area contributed by atoms with Crippen LogP contribution in [0.2, 0.25) is 0 Å². The maximum atomic E-state index is 13.6. The van der Waals surface area contributed by atoms with E-state index in [-0.39, 0.29) is 48.5 Å². The fourth-order valence-corrected chi connectivity index (χ4v) is 5.86. The summed E-state index contributed by atoms with van der Waals surface area (Å²) >= 11 is 1.74. The maximum Gasteiger partial charge on any atom is 0.474 e. The molecule has 34 heavy (non-hydrogen) atoms. The van der Waals surface area contributed by atoms with Crippen molar-refractivity contribution >= 4 is 25.6 Å². The number of hydrogen-bond acceptors (Lipinski definition) is 7. The molecule has 2 unspecified atom stereocenters. The molecule has 0 aliphatic rings. The molecule has 0 radical (unpaired) electrons. The molecule has 0 bridgehead atoms. The Morgan fingerprint density at radius 3 is 2.03 bits per heavy atom. The van der Waals surface area contributed by atoms with Crippen molar-refractivity contribution in [1.29, 1.82) is 0 Å². The minimum Gasteiger partial charge on any atom is -0.463 e. The van der Waals surface area contributed by atoms with Crippen molar-refractivity contribution in [2.45, 2.75) is 78.9 Å². The second-order valence-electron chi connectivity index (χ2n) is 10.1. The second-order valence-corrected chi connectivity index (χ2v) is 13.3. The maximum absolute atomic E-state index is 13.6. The molecule has 8 heteroatoms. The topological polar surface area (TPSA) is 71.1 Å². The molecule has 2 atom stereocenters. The minimum atomic E-state index is -3.64. The van der Waals surface area contributed by atoms with Gasteiger partial charge in [0.1, 0.15) is 6.61 Å². The van der Waals surface area contributed by atoms with E-state index in [1.807, 2.05) is 25.1 Å². The molecule has 0 saturated heterocycles. The lowest BCUT2D eigenvalue weighted by molar-refractivity contribution is -0.165. The standard InChI is InChI=1S/C26H45O6PS/c1-10-30-33(28,31-11-2)32-18-17-29-23(27)26(8,20-25(6,7)34-9)24(4,5)19-21(3)22-15-13-12-14-16-22/h12-16,21H,10-11,17-20H2,1-9H3. The van der Waals surface area contributed by atoms with Gasteiger partial charge in [0.05, 0.1) is 25.2 Å². The van der Waals surface area contributed by atoms with Crippen LogP contribution in [-0.2, 0) is 27.7 Å². The molecule has 0 amide bonds. The van der Waals surface area contributed by atoms with Gasteiger partial charge < -0.3 is 4.74 Å². The van der Waals surface area contributed by atoms with E-state index in [0.29, 0.717) is 6.42 Å². The van der Waals surface area contributed by atoms with Gasteiger partial charge in [-0.2, -0.15) is 11.8 Å². The summed E-state index contributed by atoms with van der Waals surface area (Å²) in [5.41, 5.74) is 0.164. The first-order valence-corrected chi connectivity index (χ1v) is 14.8. The quantitative estimate of drug-likeness (QED) is 0.128. The SMILES string of the molecule is CCOP(=O)(OCC)OCCOC(=O)C(C)(CC(C)(C)SC)C(C)(C)CC(C)c1ccccc1. The third-order valence-electron chi connectivity index (χ3n) is 6.60. The van der Waals surface area contributed by atoms with Crippen molar-refractivity contribution in [2.24, 2.45) is 10.8 Å². The van der Waals surface area contributed by atoms with Gasteiger partial charge in [0.15, 0.2) is 0 Å². The van der Waals surface area contributed by atoms with Crippen LogP contribution >= 0.6 is 19.6 Å². The third kappa shape index (κ3) is 8.98. The van der Waals surface area contributed by atoms with E-state index >= 15 is 0 Å². The molecule has 0 saturated carbocycles. The first-order valence-electron chi connectivity index (χ1n) is 12.1. The summed E-state index contributed by atoms with van der Waals surface area (Å²) in [5.74, 6) is 0.0125. The number of ether oxygens (including phenoxy) is 1. The van der Waals surface area contributed by atoms with Crippen molar-refractivity contribution in [3.8, 4) is 0 Å². The molecule has 0 heterocycles. The first-order chi connectivity index (χ1) is 15.8. The van der Waals surface area contributed by atoms with Crippen LogP contribution in [0, 0.1) is 10.8 Å². The number of benzene rings is 1. The summed E-state index contributed by atoms with van der Waals surface area (Å²) in [6, 6.07) is 10.4. The number of rotatable bonds is 16. The van der Waals surface area contributed by atoms with E-state index in [9.17, 15) is 9.36 Å². The van der Waals surface area contributed by atoms with Gasteiger partial charge in [-0.3, -0.25) is 18.4 Å². The van der Waals surface area contributed by atoms with Crippen molar-refractivity contribution in [3.63, 3.8) is 0 Å². The summed E-state index contributed by atoms with van der Waals surface area (Å²) in [6.07, 6.45) is 3.55. The third-order valence-corrected chi connectivity index (χ3v) is 9.50. The van der Waals surface area contributed by atoms with E-state index in [0.717, 1.165) is 6.42 Å². The van der Waals surface area contributed by atoms with Gasteiger partial charge in [0.25, 0.3) is 0 Å². The zero-order chi connectivity index (χ0) is 26.0. The van der Waals surface area contributed by atoms with Crippen LogP contribution < -0.4 is 0 Å². The molecule has 6 nitrogen and oxygen atoms in total. The Labute approximate surface area is 211 Å². The minimum absolute atomic E-state index is 0.0252. The number of esters is 1. The zero-order valence-electron chi connectivity index (χ0n) is 22.5. The molecule has 0 fully saturated rings. The van der Waals surface area contributed by atoms with Crippen LogP contribution in [0.3, 0.4) is 0 Å². The Hall–Kier alpha value is -0.850.